The molecule has 9 aromatic rings. The molecule has 2 aromatic heterocycles. The van der Waals surface area contributed by atoms with E-state index in [0.717, 1.165) is 50.5 Å². The maximum Gasteiger partial charge on any atom is 0.160 e. The molecule has 2 aliphatic rings. The van der Waals surface area contributed by atoms with Gasteiger partial charge in [0, 0.05) is 16.7 Å². The van der Waals surface area contributed by atoms with Crippen molar-refractivity contribution in [3.63, 3.8) is 0 Å². The Morgan fingerprint density at radius 3 is 1.77 bits per heavy atom. The van der Waals surface area contributed by atoms with E-state index in [-0.39, 0.29) is 0 Å². The predicted molar refractivity (Wildman–Crippen MR) is 209 cm³/mol. The van der Waals surface area contributed by atoms with Crippen molar-refractivity contribution in [3.05, 3.63) is 205 Å². The van der Waals surface area contributed by atoms with Crippen LogP contribution in [0, 0.1) is 0 Å². The Morgan fingerprint density at radius 2 is 0.981 bits per heavy atom. The number of rotatable bonds is 4. The minimum Gasteiger partial charge on any atom is -0.295 e. The van der Waals surface area contributed by atoms with E-state index in [0.29, 0.717) is 5.82 Å². The molecule has 0 amide bonds. The smallest absolute Gasteiger partial charge is 0.160 e. The summed E-state index contributed by atoms with van der Waals surface area (Å²) in [5.74, 6) is 1.75. The molecule has 4 nitrogen and oxygen atoms in total. The van der Waals surface area contributed by atoms with Gasteiger partial charge in [-0.2, -0.15) is 0 Å². The minimum atomic E-state index is -0.549. The summed E-state index contributed by atoms with van der Waals surface area (Å²) in [6.07, 6.45) is 0. The van der Waals surface area contributed by atoms with Gasteiger partial charge in [0.2, 0.25) is 0 Å². The molecule has 0 saturated heterocycles. The number of para-hydroxylation sites is 3. The van der Waals surface area contributed by atoms with Crippen molar-refractivity contribution in [3.8, 4) is 61.8 Å². The van der Waals surface area contributed by atoms with Crippen LogP contribution >= 0.6 is 0 Å². The minimum absolute atomic E-state index is 0.549. The van der Waals surface area contributed by atoms with E-state index in [9.17, 15) is 0 Å². The number of aromatic nitrogens is 4. The van der Waals surface area contributed by atoms with Crippen LogP contribution in [0.3, 0.4) is 0 Å². The Bertz CT molecular complexity index is 2800. The van der Waals surface area contributed by atoms with Crippen molar-refractivity contribution in [2.45, 2.75) is 5.41 Å². The molecule has 242 valence electrons. The normalized spacial score (nSPS) is 15.0. The number of nitrogens with zero attached hydrogens (tertiary/aromatic N) is 4. The number of hydrogen-bond acceptors (Lipinski definition) is 3. The summed E-state index contributed by atoms with van der Waals surface area (Å²) in [5, 5.41) is 0. The first kappa shape index (κ1) is 28.9. The van der Waals surface area contributed by atoms with Crippen LogP contribution < -0.4 is 0 Å². The molecule has 1 aliphatic heterocycles. The zero-order chi connectivity index (χ0) is 34.2. The van der Waals surface area contributed by atoms with Gasteiger partial charge >= 0.3 is 0 Å². The van der Waals surface area contributed by atoms with E-state index < -0.39 is 5.41 Å². The topological polar surface area (TPSA) is 43.6 Å². The molecule has 1 aliphatic carbocycles. The zero-order valence-corrected chi connectivity index (χ0v) is 28.1. The van der Waals surface area contributed by atoms with Gasteiger partial charge in [-0.15, -0.1) is 0 Å². The van der Waals surface area contributed by atoms with Crippen molar-refractivity contribution in [2.75, 3.05) is 0 Å². The monoisotopic (exact) mass is 662 g/mol. The number of fused-ring (bicyclic) bond motifs is 12. The first-order valence-corrected chi connectivity index (χ1v) is 17.7. The molecule has 1 unspecified atom stereocenters. The summed E-state index contributed by atoms with van der Waals surface area (Å²) in [6, 6.07) is 64.5. The van der Waals surface area contributed by atoms with Gasteiger partial charge < -0.3 is 0 Å². The first-order chi connectivity index (χ1) is 25.8. The summed E-state index contributed by atoms with van der Waals surface area (Å²) in [7, 11) is 0. The number of benzene rings is 7. The average Bonchev–Trinajstić information content (AvgIpc) is 3.85. The van der Waals surface area contributed by atoms with Gasteiger partial charge in [0.05, 0.1) is 28.1 Å². The molecule has 3 heterocycles. The molecular formula is C48H30N4. The van der Waals surface area contributed by atoms with E-state index in [2.05, 4.69) is 174 Å². The standard InChI is InChI=1S/C48H30N4/c1-3-15-31(16-4-1)41-30-42(32-17-5-2-6-18-32)50-46(49-41)34-20-13-19-33(29-34)35-22-14-25-39-45(35)36-21-7-8-23-37(36)48(39)38-24-9-11-27-43(38)52-44-28-12-10-26-40(44)51-47(48)52/h1-30H. The maximum absolute atomic E-state index is 5.41. The SMILES string of the molecule is c1ccc(-c2cc(-c3ccccc3)nc(-c3cccc(-c4cccc5c4-c4ccccc4C54c5ccccc5-n5c4nc4ccccc45)c3)n2)cc1. The highest BCUT2D eigenvalue weighted by Gasteiger charge is 2.54. The first-order valence-electron chi connectivity index (χ1n) is 17.7. The largest absolute Gasteiger partial charge is 0.295 e. The molecule has 0 radical (unpaired) electrons. The van der Waals surface area contributed by atoms with Gasteiger partial charge in [0.15, 0.2) is 5.82 Å². The second kappa shape index (κ2) is 11.0. The second-order valence-electron chi connectivity index (χ2n) is 13.6. The molecule has 1 atom stereocenters. The van der Waals surface area contributed by atoms with Crippen molar-refractivity contribution in [2.24, 2.45) is 0 Å². The third-order valence-corrected chi connectivity index (χ3v) is 10.8. The lowest BCUT2D eigenvalue weighted by Crippen LogP contribution is -2.27. The summed E-state index contributed by atoms with van der Waals surface area (Å²) in [4.78, 5) is 15.7. The van der Waals surface area contributed by atoms with Crippen LogP contribution in [0.2, 0.25) is 0 Å². The fourth-order valence-electron chi connectivity index (χ4n) is 8.64. The van der Waals surface area contributed by atoms with Crippen LogP contribution in [0.5, 0.6) is 0 Å². The quantitative estimate of drug-likeness (QED) is 0.188. The zero-order valence-electron chi connectivity index (χ0n) is 28.1. The van der Waals surface area contributed by atoms with Crippen LogP contribution in [-0.2, 0) is 5.41 Å². The van der Waals surface area contributed by atoms with Crippen LogP contribution in [0.25, 0.3) is 72.9 Å². The molecule has 7 aromatic carbocycles. The molecule has 1 spiro atoms. The molecule has 0 saturated carbocycles. The molecule has 52 heavy (non-hydrogen) atoms. The molecule has 0 fully saturated rings. The van der Waals surface area contributed by atoms with E-state index in [1.807, 2.05) is 12.1 Å². The maximum atomic E-state index is 5.41. The summed E-state index contributed by atoms with van der Waals surface area (Å²) >= 11 is 0. The number of imidazole rings is 1. The molecule has 0 bridgehead atoms. The Morgan fingerprint density at radius 1 is 0.404 bits per heavy atom. The van der Waals surface area contributed by atoms with Gasteiger partial charge in [-0.05, 0) is 69.3 Å². The van der Waals surface area contributed by atoms with Crippen molar-refractivity contribution < 1.29 is 0 Å². The highest BCUT2D eigenvalue weighted by atomic mass is 15.1. The lowest BCUT2D eigenvalue weighted by Gasteiger charge is -2.27. The third kappa shape index (κ3) is 4.00. The van der Waals surface area contributed by atoms with Crippen molar-refractivity contribution in [1.29, 1.82) is 0 Å². The van der Waals surface area contributed by atoms with Crippen LogP contribution in [-0.4, -0.2) is 19.5 Å². The summed E-state index contributed by atoms with van der Waals surface area (Å²) in [5.41, 5.74) is 16.2. The Hall–Kier alpha value is -6.91. The Balaban J connectivity index is 1.13. The van der Waals surface area contributed by atoms with Crippen LogP contribution in [0.15, 0.2) is 182 Å². The van der Waals surface area contributed by atoms with Crippen LogP contribution in [0.1, 0.15) is 22.5 Å². The Labute approximate surface area is 301 Å². The van der Waals surface area contributed by atoms with Crippen molar-refractivity contribution in [1.82, 2.24) is 19.5 Å². The highest BCUT2D eigenvalue weighted by molar-refractivity contribution is 5.98. The van der Waals surface area contributed by atoms with Gasteiger partial charge in [-0.25, -0.2) is 15.0 Å². The third-order valence-electron chi connectivity index (χ3n) is 10.8. The van der Waals surface area contributed by atoms with E-state index in [1.165, 1.54) is 39.1 Å². The summed E-state index contributed by atoms with van der Waals surface area (Å²) in [6.45, 7) is 0. The van der Waals surface area contributed by atoms with Crippen molar-refractivity contribution >= 4 is 11.0 Å². The van der Waals surface area contributed by atoms with E-state index >= 15 is 0 Å². The molecular weight excluding hydrogens is 633 g/mol. The molecule has 0 N–H and O–H groups in total. The summed E-state index contributed by atoms with van der Waals surface area (Å²) < 4.78 is 2.38. The predicted octanol–water partition coefficient (Wildman–Crippen LogP) is 11.2. The van der Waals surface area contributed by atoms with Gasteiger partial charge in [-0.3, -0.25) is 4.57 Å². The number of hydrogen-bond donors (Lipinski definition) is 0. The van der Waals surface area contributed by atoms with E-state index in [4.69, 9.17) is 15.0 Å². The highest BCUT2D eigenvalue weighted by Crippen LogP contribution is 2.61. The lowest BCUT2D eigenvalue weighted by atomic mass is 9.72. The van der Waals surface area contributed by atoms with Crippen LogP contribution in [0.4, 0.5) is 0 Å². The van der Waals surface area contributed by atoms with Gasteiger partial charge in [-0.1, -0.05) is 152 Å². The molecule has 11 rings (SSSR count). The molecule has 4 heteroatoms. The second-order valence-corrected chi connectivity index (χ2v) is 13.6. The lowest BCUT2D eigenvalue weighted by molar-refractivity contribution is 0.738. The average molecular weight is 663 g/mol. The van der Waals surface area contributed by atoms with Gasteiger partial charge in [0.25, 0.3) is 0 Å². The fraction of sp³-hybridized carbons (Fsp3) is 0.0208. The Kier molecular flexibility index (Phi) is 6.13. The fourth-order valence-corrected chi connectivity index (χ4v) is 8.64. The van der Waals surface area contributed by atoms with Gasteiger partial charge in [0.1, 0.15) is 11.2 Å². The van der Waals surface area contributed by atoms with E-state index in [1.54, 1.807) is 0 Å².